The lowest BCUT2D eigenvalue weighted by molar-refractivity contribution is 0.618. The van der Waals surface area contributed by atoms with Crippen LogP contribution < -0.4 is 0 Å². The van der Waals surface area contributed by atoms with Gasteiger partial charge < -0.3 is 0 Å². The average Bonchev–Trinajstić information content (AvgIpc) is 1.95. The molecule has 1 atom stereocenters. The van der Waals surface area contributed by atoms with E-state index in [0.717, 1.165) is 0 Å². The first kappa shape index (κ1) is 11.9. The second kappa shape index (κ2) is 3.79. The fourth-order valence-corrected chi connectivity index (χ4v) is 1.76. The Morgan fingerprint density at radius 1 is 1.38 bits per heavy atom. The molecule has 0 bridgehead atoms. The quantitative estimate of drug-likeness (QED) is 0.565. The number of hydrogen-bond acceptors (Lipinski definition) is 0. The summed E-state index contributed by atoms with van der Waals surface area (Å²) in [6.45, 7) is 0. The standard InChI is InChI=1S/C7H4Cl5F/c8-4-3-6(9,7(10,11)12)2-1-5(4)13/h1,3H,2H2. The lowest BCUT2D eigenvalue weighted by atomic mass is 10.0. The maximum atomic E-state index is 12.8. The van der Waals surface area contributed by atoms with E-state index in [1.807, 2.05) is 0 Å². The Bertz CT molecular complexity index is 277. The molecular formula is C7H4Cl5F. The largest absolute Gasteiger partial charge is 0.213 e. The van der Waals surface area contributed by atoms with Gasteiger partial charge in [-0.2, -0.15) is 0 Å². The highest BCUT2D eigenvalue weighted by atomic mass is 35.6. The lowest BCUT2D eigenvalue weighted by Crippen LogP contribution is -2.36. The molecule has 0 aromatic rings. The predicted octanol–water partition coefficient (Wildman–Crippen LogP) is 4.71. The molecule has 0 N–H and O–H groups in total. The van der Waals surface area contributed by atoms with E-state index < -0.39 is 14.5 Å². The molecule has 0 aliphatic heterocycles. The predicted molar refractivity (Wildman–Crippen MR) is 56.6 cm³/mol. The van der Waals surface area contributed by atoms with E-state index in [9.17, 15) is 4.39 Å². The van der Waals surface area contributed by atoms with Crippen LogP contribution in [-0.2, 0) is 0 Å². The van der Waals surface area contributed by atoms with Crippen molar-refractivity contribution in [2.45, 2.75) is 15.1 Å². The first-order valence-electron chi connectivity index (χ1n) is 3.26. The van der Waals surface area contributed by atoms with Crippen LogP contribution in [0.1, 0.15) is 6.42 Å². The van der Waals surface area contributed by atoms with Gasteiger partial charge in [-0.25, -0.2) is 4.39 Å². The summed E-state index contributed by atoms with van der Waals surface area (Å²) in [4.78, 5) is -1.27. The number of rotatable bonds is 0. The fraction of sp³-hybridized carbons (Fsp3) is 0.429. The molecule has 0 heterocycles. The highest BCUT2D eigenvalue weighted by molar-refractivity contribution is 6.71. The summed E-state index contributed by atoms with van der Waals surface area (Å²) in [6.07, 6.45) is 2.49. The third-order valence-electron chi connectivity index (χ3n) is 1.63. The molecule has 1 aliphatic rings. The highest BCUT2D eigenvalue weighted by Gasteiger charge is 2.46. The average molecular weight is 284 g/mol. The van der Waals surface area contributed by atoms with Crippen molar-refractivity contribution in [2.75, 3.05) is 0 Å². The molecule has 0 amide bonds. The zero-order chi connectivity index (χ0) is 10.3. The molecular weight excluding hydrogens is 280 g/mol. The number of allylic oxidation sites excluding steroid dienone is 4. The van der Waals surface area contributed by atoms with Gasteiger partial charge >= 0.3 is 0 Å². The summed E-state index contributed by atoms with van der Waals surface area (Å²) < 4.78 is 11.1. The van der Waals surface area contributed by atoms with Crippen LogP contribution in [0.3, 0.4) is 0 Å². The van der Waals surface area contributed by atoms with E-state index in [2.05, 4.69) is 0 Å². The van der Waals surface area contributed by atoms with Gasteiger partial charge in [-0.1, -0.05) is 46.4 Å². The Labute approximate surface area is 100 Å². The normalized spacial score (nSPS) is 29.7. The van der Waals surface area contributed by atoms with Crippen molar-refractivity contribution in [1.29, 1.82) is 0 Å². The van der Waals surface area contributed by atoms with Gasteiger partial charge in [-0.15, -0.1) is 11.6 Å². The Morgan fingerprint density at radius 2 is 1.92 bits per heavy atom. The second-order valence-corrected chi connectivity index (χ2v) is 5.97. The van der Waals surface area contributed by atoms with E-state index in [1.165, 1.54) is 12.2 Å². The maximum Gasteiger partial charge on any atom is 0.213 e. The molecule has 0 saturated heterocycles. The van der Waals surface area contributed by atoms with Crippen LogP contribution in [0.25, 0.3) is 0 Å². The summed E-state index contributed by atoms with van der Waals surface area (Å²) in [5.41, 5.74) is 0. The molecule has 1 unspecified atom stereocenters. The van der Waals surface area contributed by atoms with Gasteiger partial charge in [-0.05, 0) is 18.6 Å². The van der Waals surface area contributed by atoms with Crippen LogP contribution >= 0.6 is 58.0 Å². The van der Waals surface area contributed by atoms with Crippen molar-refractivity contribution >= 4 is 58.0 Å². The van der Waals surface area contributed by atoms with Gasteiger partial charge in [0.05, 0.1) is 5.03 Å². The SMILES string of the molecule is FC1=CCC(Cl)(C(Cl)(Cl)Cl)C=C1Cl. The molecule has 1 aliphatic carbocycles. The number of alkyl halides is 4. The molecule has 0 fully saturated rings. The van der Waals surface area contributed by atoms with E-state index >= 15 is 0 Å². The molecule has 1 rings (SSSR count). The van der Waals surface area contributed by atoms with Crippen molar-refractivity contribution in [3.05, 3.63) is 23.0 Å². The topological polar surface area (TPSA) is 0 Å². The molecule has 0 nitrogen and oxygen atoms in total. The molecule has 0 saturated carbocycles. The van der Waals surface area contributed by atoms with Crippen LogP contribution in [0.2, 0.25) is 0 Å². The molecule has 0 spiro atoms. The minimum atomic E-state index is -1.72. The Morgan fingerprint density at radius 3 is 2.31 bits per heavy atom. The van der Waals surface area contributed by atoms with Gasteiger partial charge in [-0.3, -0.25) is 0 Å². The van der Waals surface area contributed by atoms with Gasteiger partial charge in [0, 0.05) is 0 Å². The smallest absolute Gasteiger partial charge is 0.206 e. The van der Waals surface area contributed by atoms with Gasteiger partial charge in [0.25, 0.3) is 0 Å². The van der Waals surface area contributed by atoms with Crippen molar-refractivity contribution in [1.82, 2.24) is 0 Å². The third kappa shape index (κ3) is 2.45. The number of hydrogen-bond donors (Lipinski definition) is 0. The Balaban J connectivity index is 3.01. The van der Waals surface area contributed by atoms with Crippen LogP contribution in [0.5, 0.6) is 0 Å². The first-order valence-corrected chi connectivity index (χ1v) is 5.15. The van der Waals surface area contributed by atoms with Gasteiger partial charge in [0.1, 0.15) is 10.7 Å². The minimum absolute atomic E-state index is 0.0904. The molecule has 0 aromatic heterocycles. The van der Waals surface area contributed by atoms with Gasteiger partial charge in [0.2, 0.25) is 3.79 Å². The molecule has 0 radical (unpaired) electrons. The fourth-order valence-electron chi connectivity index (χ4n) is 0.862. The third-order valence-corrected chi connectivity index (χ3v) is 3.77. The van der Waals surface area contributed by atoms with Crippen molar-refractivity contribution in [3.8, 4) is 0 Å². The van der Waals surface area contributed by atoms with E-state index in [-0.39, 0.29) is 11.5 Å². The van der Waals surface area contributed by atoms with E-state index in [0.29, 0.717) is 0 Å². The zero-order valence-electron chi connectivity index (χ0n) is 6.13. The van der Waals surface area contributed by atoms with Crippen LogP contribution in [0.4, 0.5) is 4.39 Å². The molecule has 13 heavy (non-hydrogen) atoms. The summed E-state index contributed by atoms with van der Waals surface area (Å²) in [7, 11) is 0. The van der Waals surface area contributed by atoms with E-state index in [1.54, 1.807) is 0 Å². The maximum absolute atomic E-state index is 12.8. The summed E-state index contributed by atoms with van der Waals surface area (Å²) >= 11 is 28.3. The van der Waals surface area contributed by atoms with E-state index in [4.69, 9.17) is 58.0 Å². The molecule has 74 valence electrons. The van der Waals surface area contributed by atoms with Crippen LogP contribution in [0, 0.1) is 0 Å². The van der Waals surface area contributed by atoms with Crippen LogP contribution in [0.15, 0.2) is 23.0 Å². The molecule has 6 heteroatoms. The van der Waals surface area contributed by atoms with Crippen LogP contribution in [-0.4, -0.2) is 8.67 Å². The minimum Gasteiger partial charge on any atom is -0.206 e. The summed E-state index contributed by atoms with van der Waals surface area (Å²) in [5, 5.41) is -0.132. The number of halogens is 6. The van der Waals surface area contributed by atoms with Gasteiger partial charge in [0.15, 0.2) is 0 Å². The highest BCUT2D eigenvalue weighted by Crippen LogP contribution is 2.49. The van der Waals surface area contributed by atoms with Crippen molar-refractivity contribution in [2.24, 2.45) is 0 Å². The first-order chi connectivity index (χ1) is 5.76. The summed E-state index contributed by atoms with van der Waals surface area (Å²) in [6, 6.07) is 0. The second-order valence-electron chi connectivity index (χ2n) is 2.61. The zero-order valence-corrected chi connectivity index (χ0v) is 9.91. The summed E-state index contributed by atoms with van der Waals surface area (Å²) in [5.74, 6) is -0.549. The Hall–Kier alpha value is 0.860. The molecule has 0 aromatic carbocycles. The van der Waals surface area contributed by atoms with Crippen molar-refractivity contribution in [3.63, 3.8) is 0 Å². The Kier molecular flexibility index (Phi) is 3.47. The monoisotopic (exact) mass is 282 g/mol. The lowest BCUT2D eigenvalue weighted by Gasteiger charge is -2.31. The van der Waals surface area contributed by atoms with Crippen molar-refractivity contribution < 1.29 is 4.39 Å².